The maximum absolute atomic E-state index is 12.5. The van der Waals surface area contributed by atoms with Crippen LogP contribution in [0.15, 0.2) is 0 Å². The number of nitrogens with zero attached hydrogens (tertiary/aromatic N) is 2. The molecule has 1 aliphatic rings. The molecule has 0 aromatic heterocycles. The van der Waals surface area contributed by atoms with Crippen LogP contribution in [-0.2, 0) is 4.74 Å². The third kappa shape index (κ3) is 5.23. The van der Waals surface area contributed by atoms with Crippen molar-refractivity contribution in [2.45, 2.75) is 52.3 Å². The lowest BCUT2D eigenvalue weighted by Crippen LogP contribution is -2.60. The lowest BCUT2D eigenvalue weighted by Gasteiger charge is -2.45. The van der Waals surface area contributed by atoms with Gasteiger partial charge in [-0.3, -0.25) is 0 Å². The zero-order valence-corrected chi connectivity index (χ0v) is 12.7. The molecule has 20 heavy (non-hydrogen) atoms. The molecule has 1 aliphatic heterocycles. The number of hydrogen-bond acceptors (Lipinski definition) is 3. The minimum Gasteiger partial charge on any atom is -0.448 e. The average molecular weight is 295 g/mol. The third-order valence-corrected chi connectivity index (χ3v) is 3.18. The number of carbonyl (C=O) groups is 1. The zero-order valence-electron chi connectivity index (χ0n) is 12.7. The zero-order chi connectivity index (χ0) is 15.7. The van der Waals surface area contributed by atoms with Crippen molar-refractivity contribution in [2.75, 3.05) is 19.5 Å². The van der Waals surface area contributed by atoms with Gasteiger partial charge >= 0.3 is 13.1 Å². The Morgan fingerprint density at radius 1 is 1.20 bits per heavy atom. The van der Waals surface area contributed by atoms with Gasteiger partial charge in [-0.2, -0.15) is 0 Å². The summed E-state index contributed by atoms with van der Waals surface area (Å²) in [5.74, 6) is 0. The molecule has 0 aromatic carbocycles. The van der Waals surface area contributed by atoms with Crippen LogP contribution >= 0.6 is 0 Å². The normalized spacial score (nSPS) is 25.7. The molecule has 4 nitrogen and oxygen atoms in total. The Labute approximate surface area is 118 Å². The highest BCUT2D eigenvalue weighted by molar-refractivity contribution is 6.58. The first-order chi connectivity index (χ1) is 8.89. The van der Waals surface area contributed by atoms with E-state index in [0.717, 1.165) is 0 Å². The lowest BCUT2D eigenvalue weighted by molar-refractivity contribution is -0.00803. The summed E-state index contributed by atoms with van der Waals surface area (Å²) >= 11 is 0. The van der Waals surface area contributed by atoms with E-state index in [0.29, 0.717) is 0 Å². The first kappa shape index (κ1) is 17.1. The molecule has 1 heterocycles. The van der Waals surface area contributed by atoms with Gasteiger partial charge in [-0.05, 0) is 41.1 Å². The van der Waals surface area contributed by atoms with Gasteiger partial charge in [-0.15, -0.1) is 0 Å². The van der Waals surface area contributed by atoms with Crippen molar-refractivity contribution in [1.29, 1.82) is 0 Å². The molecule has 1 fully saturated rings. The van der Waals surface area contributed by atoms with E-state index >= 15 is 0 Å². The number of rotatable bonds is 2. The molecular weight excluding hydrogens is 272 g/mol. The van der Waals surface area contributed by atoms with Gasteiger partial charge < -0.3 is 27.5 Å². The predicted molar refractivity (Wildman–Crippen MR) is 72.5 cm³/mol. The standard InChI is InChI=1S/C12H23BF3N2O2/c1-9-7-18(11(19)20-12(3,4)5)10(2)6-17(9)8-13(14,15)16/h9-10H,6-8H2,1-5H3/q-1/t9-,10-/m0/s1. The van der Waals surface area contributed by atoms with Crippen molar-refractivity contribution in [3.63, 3.8) is 0 Å². The summed E-state index contributed by atoms with van der Waals surface area (Å²) in [6, 6.07) is -0.624. The highest BCUT2D eigenvalue weighted by Crippen LogP contribution is 2.21. The largest absolute Gasteiger partial charge is 0.492 e. The quantitative estimate of drug-likeness (QED) is 0.734. The van der Waals surface area contributed by atoms with Crippen molar-refractivity contribution >= 4 is 13.1 Å². The van der Waals surface area contributed by atoms with E-state index < -0.39 is 25.1 Å². The van der Waals surface area contributed by atoms with E-state index in [-0.39, 0.29) is 25.2 Å². The van der Waals surface area contributed by atoms with Gasteiger partial charge in [0, 0.05) is 25.2 Å². The van der Waals surface area contributed by atoms with Gasteiger partial charge in [0.15, 0.2) is 0 Å². The molecule has 0 N–H and O–H groups in total. The third-order valence-electron chi connectivity index (χ3n) is 3.18. The van der Waals surface area contributed by atoms with Crippen molar-refractivity contribution in [2.24, 2.45) is 0 Å². The fraction of sp³-hybridized carbons (Fsp3) is 0.917. The molecule has 0 aliphatic carbocycles. The second-order valence-electron chi connectivity index (χ2n) is 6.49. The Balaban J connectivity index is 2.66. The minimum atomic E-state index is -4.85. The second kappa shape index (κ2) is 5.83. The highest BCUT2D eigenvalue weighted by Gasteiger charge is 2.37. The van der Waals surface area contributed by atoms with Crippen LogP contribution in [-0.4, -0.2) is 60.1 Å². The van der Waals surface area contributed by atoms with Gasteiger partial charge in [-0.1, -0.05) is 0 Å². The van der Waals surface area contributed by atoms with E-state index in [1.54, 1.807) is 34.6 Å². The van der Waals surface area contributed by atoms with Crippen molar-refractivity contribution in [3.8, 4) is 0 Å². The Kier molecular flexibility index (Phi) is 5.00. The van der Waals surface area contributed by atoms with Crippen molar-refractivity contribution in [1.82, 2.24) is 9.80 Å². The van der Waals surface area contributed by atoms with Crippen LogP contribution < -0.4 is 0 Å². The van der Waals surface area contributed by atoms with E-state index in [2.05, 4.69) is 0 Å². The monoisotopic (exact) mass is 295 g/mol. The fourth-order valence-electron chi connectivity index (χ4n) is 2.29. The molecule has 0 bridgehead atoms. The minimum absolute atomic E-state index is 0.210. The summed E-state index contributed by atoms with van der Waals surface area (Å²) in [6.45, 7) is 4.35. The molecular formula is C12H23BF3N2O2-. The molecule has 0 saturated carbocycles. The molecule has 1 amide bonds. The molecule has 0 radical (unpaired) electrons. The molecule has 0 spiro atoms. The van der Waals surface area contributed by atoms with Crippen LogP contribution in [0.1, 0.15) is 34.6 Å². The first-order valence-corrected chi connectivity index (χ1v) is 6.84. The Hall–Kier alpha value is -0.915. The number of amides is 1. The Bertz CT molecular complexity index is 358. The van der Waals surface area contributed by atoms with Gasteiger partial charge in [-0.25, -0.2) is 4.79 Å². The SMILES string of the molecule is C[C@H]1CN(C(=O)OC(C)(C)C)[C@@H](C)CN1C[B-](F)(F)F. The van der Waals surface area contributed by atoms with Gasteiger partial charge in [0.2, 0.25) is 0 Å². The topological polar surface area (TPSA) is 32.8 Å². The summed E-state index contributed by atoms with van der Waals surface area (Å²) in [7, 11) is 0. The van der Waals surface area contributed by atoms with E-state index in [9.17, 15) is 17.7 Å². The van der Waals surface area contributed by atoms with Crippen LogP contribution in [0.4, 0.5) is 17.7 Å². The van der Waals surface area contributed by atoms with Gasteiger partial charge in [0.25, 0.3) is 0 Å². The van der Waals surface area contributed by atoms with Gasteiger partial charge in [0.1, 0.15) is 5.60 Å². The number of hydrogen-bond donors (Lipinski definition) is 0. The van der Waals surface area contributed by atoms with Crippen LogP contribution in [0.25, 0.3) is 0 Å². The maximum atomic E-state index is 12.5. The van der Waals surface area contributed by atoms with Crippen LogP contribution in [0.2, 0.25) is 0 Å². The fourth-order valence-corrected chi connectivity index (χ4v) is 2.29. The van der Waals surface area contributed by atoms with E-state index in [1.807, 2.05) is 0 Å². The summed E-state index contributed by atoms with van der Waals surface area (Å²) in [5.41, 5.74) is -0.605. The average Bonchev–Trinajstić information content (AvgIpc) is 2.18. The molecule has 8 heteroatoms. The van der Waals surface area contributed by atoms with Crippen LogP contribution in [0, 0.1) is 0 Å². The lowest BCUT2D eigenvalue weighted by atomic mass is 9.89. The molecule has 0 unspecified atom stereocenters. The number of piperazine rings is 1. The van der Waals surface area contributed by atoms with Crippen LogP contribution in [0.3, 0.4) is 0 Å². The number of halogens is 3. The molecule has 2 atom stereocenters. The molecule has 1 rings (SSSR count). The predicted octanol–water partition coefficient (Wildman–Crippen LogP) is 2.70. The molecule has 0 aromatic rings. The van der Waals surface area contributed by atoms with E-state index in [4.69, 9.17) is 4.74 Å². The second-order valence-corrected chi connectivity index (χ2v) is 6.49. The summed E-state index contributed by atoms with van der Waals surface area (Å²) in [4.78, 5) is 14.9. The molecule has 1 saturated heterocycles. The highest BCUT2D eigenvalue weighted by atomic mass is 19.4. The summed E-state index contributed by atoms with van der Waals surface area (Å²) in [6.07, 6.45) is -1.35. The number of ether oxygens (including phenoxy) is 1. The maximum Gasteiger partial charge on any atom is 0.492 e. The first-order valence-electron chi connectivity index (χ1n) is 6.84. The number of carbonyl (C=O) groups excluding carboxylic acids is 1. The van der Waals surface area contributed by atoms with Crippen LogP contribution in [0.5, 0.6) is 0 Å². The van der Waals surface area contributed by atoms with Crippen molar-refractivity contribution < 1.29 is 22.5 Å². The molecule has 118 valence electrons. The van der Waals surface area contributed by atoms with E-state index in [1.165, 1.54) is 9.80 Å². The summed E-state index contributed by atoms with van der Waals surface area (Å²) < 4.78 is 42.9. The Morgan fingerprint density at radius 2 is 1.75 bits per heavy atom. The smallest absolute Gasteiger partial charge is 0.448 e. The van der Waals surface area contributed by atoms with Crippen molar-refractivity contribution in [3.05, 3.63) is 0 Å². The van der Waals surface area contributed by atoms with Gasteiger partial charge in [0.05, 0.1) is 0 Å². The Morgan fingerprint density at radius 3 is 2.20 bits per heavy atom. The summed E-state index contributed by atoms with van der Waals surface area (Å²) in [5, 5.41) is 0.